The number of rotatable bonds is 8. The maximum Gasteiger partial charge on any atom is 0.251 e. The van der Waals surface area contributed by atoms with E-state index in [9.17, 15) is 21.6 Å². The van der Waals surface area contributed by atoms with Gasteiger partial charge in [0.15, 0.2) is 11.5 Å². The average molecular weight is 495 g/mol. The molecule has 1 heterocycles. The number of sulfone groups is 1. The number of carbonyl (C=O) groups excluding carboxylic acids is 1. The largest absolute Gasteiger partial charge is 0.448 e. The smallest absolute Gasteiger partial charge is 0.251 e. The SMILES string of the molecule is CS(=O)(=O)CC[C@H](NS(=O)(=O)c1ccccc1)C(=O)Nc1ccc2c(c1)OC1(CCCC1)O2. The first-order valence-corrected chi connectivity index (χ1v) is 14.2. The van der Waals surface area contributed by atoms with Crippen molar-refractivity contribution in [3.05, 3.63) is 48.5 Å². The van der Waals surface area contributed by atoms with Crippen LogP contribution in [0.2, 0.25) is 0 Å². The fourth-order valence-electron chi connectivity index (χ4n) is 3.95. The van der Waals surface area contributed by atoms with Crippen LogP contribution in [0.1, 0.15) is 32.1 Å². The molecule has 1 fully saturated rings. The van der Waals surface area contributed by atoms with Crippen molar-refractivity contribution in [3.63, 3.8) is 0 Å². The van der Waals surface area contributed by atoms with Crippen molar-refractivity contribution in [1.29, 1.82) is 0 Å². The van der Waals surface area contributed by atoms with E-state index in [1.165, 1.54) is 12.1 Å². The Hall–Kier alpha value is -2.63. The fourth-order valence-corrected chi connectivity index (χ4v) is 5.86. The van der Waals surface area contributed by atoms with Gasteiger partial charge in [0.25, 0.3) is 5.79 Å². The van der Waals surface area contributed by atoms with Crippen LogP contribution in [0.3, 0.4) is 0 Å². The first-order chi connectivity index (χ1) is 15.6. The number of benzene rings is 2. The Labute approximate surface area is 193 Å². The van der Waals surface area contributed by atoms with E-state index in [0.717, 1.165) is 31.9 Å². The number of carbonyl (C=O) groups is 1. The molecule has 178 valence electrons. The van der Waals surface area contributed by atoms with E-state index in [1.807, 2.05) is 0 Å². The number of sulfonamides is 1. The van der Waals surface area contributed by atoms with Crippen molar-refractivity contribution >= 4 is 31.5 Å². The van der Waals surface area contributed by atoms with Crippen LogP contribution in [0.4, 0.5) is 5.69 Å². The zero-order chi connectivity index (χ0) is 23.7. The van der Waals surface area contributed by atoms with Crippen LogP contribution in [0.5, 0.6) is 11.5 Å². The highest BCUT2D eigenvalue weighted by Gasteiger charge is 2.44. The van der Waals surface area contributed by atoms with Crippen molar-refractivity contribution in [2.75, 3.05) is 17.3 Å². The van der Waals surface area contributed by atoms with E-state index in [4.69, 9.17) is 9.47 Å². The maximum atomic E-state index is 13.0. The van der Waals surface area contributed by atoms with E-state index in [-0.39, 0.29) is 17.1 Å². The molecule has 2 aromatic rings. The average Bonchev–Trinajstić information content (AvgIpc) is 3.36. The van der Waals surface area contributed by atoms with Gasteiger partial charge in [-0.05, 0) is 43.5 Å². The van der Waals surface area contributed by atoms with Crippen LogP contribution >= 0.6 is 0 Å². The van der Waals surface area contributed by atoms with Gasteiger partial charge in [-0.15, -0.1) is 0 Å². The molecule has 0 aromatic heterocycles. The lowest BCUT2D eigenvalue weighted by molar-refractivity contribution is -0.117. The zero-order valence-electron chi connectivity index (χ0n) is 18.1. The van der Waals surface area contributed by atoms with E-state index in [1.54, 1.807) is 36.4 Å². The number of amides is 1. The predicted octanol–water partition coefficient (Wildman–Crippen LogP) is 2.45. The molecule has 1 aliphatic carbocycles. The van der Waals surface area contributed by atoms with Crippen molar-refractivity contribution in [1.82, 2.24) is 4.72 Å². The van der Waals surface area contributed by atoms with Crippen molar-refractivity contribution in [2.45, 2.75) is 48.8 Å². The van der Waals surface area contributed by atoms with Gasteiger partial charge in [-0.2, -0.15) is 4.72 Å². The molecule has 33 heavy (non-hydrogen) atoms. The molecule has 1 spiro atoms. The third kappa shape index (κ3) is 5.66. The highest BCUT2D eigenvalue weighted by Crippen LogP contribution is 2.47. The Kier molecular flexibility index (Phi) is 6.39. The van der Waals surface area contributed by atoms with E-state index < -0.39 is 37.6 Å². The Morgan fingerprint density at radius 3 is 2.33 bits per heavy atom. The monoisotopic (exact) mass is 494 g/mol. The lowest BCUT2D eigenvalue weighted by Crippen LogP contribution is -2.44. The second-order valence-corrected chi connectivity index (χ2v) is 12.4. The summed E-state index contributed by atoms with van der Waals surface area (Å²) in [6, 6.07) is 11.2. The summed E-state index contributed by atoms with van der Waals surface area (Å²) in [5.74, 6) is -0.575. The lowest BCUT2D eigenvalue weighted by Gasteiger charge is -2.21. The van der Waals surface area contributed by atoms with Crippen molar-refractivity contribution < 1.29 is 31.1 Å². The highest BCUT2D eigenvalue weighted by molar-refractivity contribution is 7.90. The second kappa shape index (κ2) is 8.96. The number of fused-ring (bicyclic) bond motifs is 1. The topological polar surface area (TPSA) is 128 Å². The summed E-state index contributed by atoms with van der Waals surface area (Å²) in [6.07, 6.45) is 4.42. The summed E-state index contributed by atoms with van der Waals surface area (Å²) in [5, 5.41) is 2.66. The van der Waals surface area contributed by atoms with E-state index in [2.05, 4.69) is 10.0 Å². The van der Waals surface area contributed by atoms with Gasteiger partial charge in [0.2, 0.25) is 15.9 Å². The van der Waals surface area contributed by atoms with Crippen LogP contribution in [-0.2, 0) is 24.7 Å². The van der Waals surface area contributed by atoms with Gasteiger partial charge in [-0.1, -0.05) is 18.2 Å². The van der Waals surface area contributed by atoms with Gasteiger partial charge in [0.05, 0.1) is 10.6 Å². The summed E-state index contributed by atoms with van der Waals surface area (Å²) in [6.45, 7) is 0. The van der Waals surface area contributed by atoms with Gasteiger partial charge in [0.1, 0.15) is 15.9 Å². The number of anilines is 1. The molecule has 2 aromatic carbocycles. The second-order valence-electron chi connectivity index (χ2n) is 8.38. The molecule has 1 aliphatic heterocycles. The molecule has 0 unspecified atom stereocenters. The number of hydrogen-bond donors (Lipinski definition) is 2. The van der Waals surface area contributed by atoms with Gasteiger partial charge in [-0.3, -0.25) is 4.79 Å². The summed E-state index contributed by atoms with van der Waals surface area (Å²) in [5.41, 5.74) is 0.390. The molecule has 2 aliphatic rings. The van der Waals surface area contributed by atoms with E-state index >= 15 is 0 Å². The lowest BCUT2D eigenvalue weighted by atomic mass is 10.2. The third-order valence-electron chi connectivity index (χ3n) is 5.61. The molecular weight excluding hydrogens is 468 g/mol. The van der Waals surface area contributed by atoms with Crippen LogP contribution in [0.15, 0.2) is 53.4 Å². The number of ether oxygens (including phenoxy) is 2. The molecule has 2 N–H and O–H groups in total. The van der Waals surface area contributed by atoms with E-state index in [0.29, 0.717) is 17.2 Å². The molecule has 1 amide bonds. The minimum atomic E-state index is -4.04. The first kappa shape index (κ1) is 23.5. The first-order valence-electron chi connectivity index (χ1n) is 10.6. The van der Waals surface area contributed by atoms with Gasteiger partial charge in [0, 0.05) is 30.9 Å². The Bertz CT molecular complexity index is 1240. The molecule has 1 atom stereocenters. The van der Waals surface area contributed by atoms with Crippen LogP contribution in [0, 0.1) is 0 Å². The highest BCUT2D eigenvalue weighted by atomic mass is 32.2. The van der Waals surface area contributed by atoms with Gasteiger partial charge in [-0.25, -0.2) is 16.8 Å². The van der Waals surface area contributed by atoms with Crippen LogP contribution < -0.4 is 19.5 Å². The Balaban J connectivity index is 1.51. The molecule has 0 bridgehead atoms. The minimum Gasteiger partial charge on any atom is -0.448 e. The molecule has 0 saturated heterocycles. The summed E-state index contributed by atoms with van der Waals surface area (Å²) in [7, 11) is -7.46. The third-order valence-corrected chi connectivity index (χ3v) is 8.08. The molecule has 9 nitrogen and oxygen atoms in total. The summed E-state index contributed by atoms with van der Waals surface area (Å²) in [4.78, 5) is 13.0. The zero-order valence-corrected chi connectivity index (χ0v) is 19.7. The molecule has 11 heteroatoms. The van der Waals surface area contributed by atoms with Crippen molar-refractivity contribution in [3.8, 4) is 11.5 Å². The minimum absolute atomic E-state index is 0.0212. The summed E-state index contributed by atoms with van der Waals surface area (Å²) < 4.78 is 63.1. The quantitative estimate of drug-likeness (QED) is 0.577. The predicted molar refractivity (Wildman–Crippen MR) is 122 cm³/mol. The van der Waals surface area contributed by atoms with Crippen molar-refractivity contribution in [2.24, 2.45) is 0 Å². The van der Waals surface area contributed by atoms with Gasteiger partial charge < -0.3 is 14.8 Å². The molecule has 1 saturated carbocycles. The maximum absolute atomic E-state index is 13.0. The fraction of sp³-hybridized carbons (Fsp3) is 0.409. The molecule has 4 rings (SSSR count). The standard InChI is InChI=1S/C22H26N2O7S2/c1-32(26,27)14-11-18(24-33(28,29)17-7-3-2-4-8-17)21(25)23-16-9-10-19-20(15-16)31-22(30-19)12-5-6-13-22/h2-4,7-10,15,18,24H,5-6,11-14H2,1H3,(H,23,25)/t18-/m0/s1. The van der Waals surface area contributed by atoms with Crippen LogP contribution in [-0.4, -0.2) is 46.6 Å². The number of nitrogens with one attached hydrogen (secondary N) is 2. The molecule has 0 radical (unpaired) electrons. The molecular formula is C22H26N2O7S2. The van der Waals surface area contributed by atoms with Gasteiger partial charge >= 0.3 is 0 Å². The Morgan fingerprint density at radius 2 is 1.67 bits per heavy atom. The Morgan fingerprint density at radius 1 is 1.00 bits per heavy atom. The van der Waals surface area contributed by atoms with Crippen LogP contribution in [0.25, 0.3) is 0 Å². The number of hydrogen-bond acceptors (Lipinski definition) is 7. The normalized spacial score (nSPS) is 17.7. The summed E-state index contributed by atoms with van der Waals surface area (Å²) >= 11 is 0.